The van der Waals surface area contributed by atoms with Crippen LogP contribution in [0, 0.1) is 0 Å². The van der Waals surface area contributed by atoms with Gasteiger partial charge < -0.3 is 10.5 Å². The summed E-state index contributed by atoms with van der Waals surface area (Å²) in [5, 5.41) is 0. The summed E-state index contributed by atoms with van der Waals surface area (Å²) in [6, 6.07) is 0. The molecular weight excluding hydrogens is 132 g/mol. The summed E-state index contributed by atoms with van der Waals surface area (Å²) in [4.78, 5) is 9.78. The molecule has 0 saturated heterocycles. The number of halogens is 2. The van der Waals surface area contributed by atoms with Crippen molar-refractivity contribution in [1.29, 1.82) is 0 Å². The van der Waals surface area contributed by atoms with Crippen molar-refractivity contribution in [2.45, 2.75) is 19.5 Å². The predicted octanol–water partition coefficient (Wildman–Crippen LogP) is 0.735. The van der Waals surface area contributed by atoms with Crippen LogP contribution in [0.25, 0.3) is 0 Å². The quantitative estimate of drug-likeness (QED) is 0.613. The molecule has 0 aromatic carbocycles. The van der Waals surface area contributed by atoms with E-state index in [-0.39, 0.29) is 0 Å². The second-order valence-electron chi connectivity index (χ2n) is 1.48. The topological polar surface area (TPSA) is 52.3 Å². The molecule has 0 aliphatic carbocycles. The van der Waals surface area contributed by atoms with Crippen LogP contribution in [0.3, 0.4) is 0 Å². The number of ether oxygens (including phenoxy) is 1. The fraction of sp³-hybridized carbons (Fsp3) is 0.750. The summed E-state index contributed by atoms with van der Waals surface area (Å²) < 4.78 is 26.8. The molecular formula is C4H7F2NO2. The van der Waals surface area contributed by atoms with Gasteiger partial charge in [0.05, 0.1) is 0 Å². The Labute approximate surface area is 50.8 Å². The molecule has 1 amide bonds. The molecule has 0 aliphatic heterocycles. The Kier molecular flexibility index (Phi) is 2.90. The van der Waals surface area contributed by atoms with Gasteiger partial charge in [-0.1, -0.05) is 0 Å². The fourth-order valence-electron chi connectivity index (χ4n) is 0.235. The van der Waals surface area contributed by atoms with Gasteiger partial charge in [0.15, 0.2) is 6.10 Å². The first-order valence-corrected chi connectivity index (χ1v) is 2.28. The van der Waals surface area contributed by atoms with Crippen LogP contribution in [0.1, 0.15) is 6.92 Å². The molecule has 0 aromatic heterocycles. The summed E-state index contributed by atoms with van der Waals surface area (Å²) in [7, 11) is 0. The third kappa shape index (κ3) is 3.69. The Balaban J connectivity index is 3.50. The lowest BCUT2D eigenvalue weighted by Crippen LogP contribution is -2.25. The summed E-state index contributed by atoms with van der Waals surface area (Å²) in [5.41, 5.74) is 4.44. The van der Waals surface area contributed by atoms with Gasteiger partial charge >= 0.3 is 6.09 Å². The summed E-state index contributed by atoms with van der Waals surface area (Å²) >= 11 is 0. The number of amides is 1. The third-order valence-electron chi connectivity index (χ3n) is 0.657. The molecule has 0 rings (SSSR count). The molecule has 0 fully saturated rings. The largest absolute Gasteiger partial charge is 0.441 e. The molecule has 1 unspecified atom stereocenters. The van der Waals surface area contributed by atoms with Crippen molar-refractivity contribution >= 4 is 6.09 Å². The van der Waals surface area contributed by atoms with Gasteiger partial charge in [-0.2, -0.15) is 0 Å². The van der Waals surface area contributed by atoms with Crippen molar-refractivity contribution in [2.24, 2.45) is 5.73 Å². The minimum atomic E-state index is -2.67. The summed E-state index contributed by atoms with van der Waals surface area (Å²) in [6.07, 6.45) is -5.26. The van der Waals surface area contributed by atoms with Crippen molar-refractivity contribution in [3.05, 3.63) is 0 Å². The molecule has 2 N–H and O–H groups in total. The molecule has 54 valence electrons. The number of carbonyl (C=O) groups excluding carboxylic acids is 1. The van der Waals surface area contributed by atoms with Gasteiger partial charge in [0.2, 0.25) is 0 Å². The number of nitrogens with two attached hydrogens (primary N) is 1. The number of carbonyl (C=O) groups is 1. The molecule has 0 bridgehead atoms. The highest BCUT2D eigenvalue weighted by atomic mass is 19.3. The van der Waals surface area contributed by atoms with E-state index in [0.717, 1.165) is 6.92 Å². The van der Waals surface area contributed by atoms with Crippen LogP contribution < -0.4 is 5.73 Å². The van der Waals surface area contributed by atoms with Crippen molar-refractivity contribution in [3.63, 3.8) is 0 Å². The highest BCUT2D eigenvalue weighted by molar-refractivity contribution is 5.64. The van der Waals surface area contributed by atoms with Crippen molar-refractivity contribution < 1.29 is 18.3 Å². The maximum Gasteiger partial charge on any atom is 0.404 e. The van der Waals surface area contributed by atoms with Crippen molar-refractivity contribution in [3.8, 4) is 0 Å². The maximum atomic E-state index is 11.5. The van der Waals surface area contributed by atoms with E-state index in [1.54, 1.807) is 0 Å². The lowest BCUT2D eigenvalue weighted by molar-refractivity contribution is -0.00393. The van der Waals surface area contributed by atoms with Crippen LogP contribution in [0.4, 0.5) is 13.6 Å². The number of hydrogen-bond donors (Lipinski definition) is 1. The van der Waals surface area contributed by atoms with Crippen LogP contribution in [-0.4, -0.2) is 18.6 Å². The highest BCUT2D eigenvalue weighted by Gasteiger charge is 2.16. The van der Waals surface area contributed by atoms with E-state index in [4.69, 9.17) is 0 Å². The second kappa shape index (κ2) is 3.21. The Bertz CT molecular complexity index is 107. The van der Waals surface area contributed by atoms with Crippen LogP contribution in [0.15, 0.2) is 0 Å². The fourth-order valence-corrected chi connectivity index (χ4v) is 0.235. The van der Waals surface area contributed by atoms with Gasteiger partial charge in [0.25, 0.3) is 6.43 Å². The first-order valence-electron chi connectivity index (χ1n) is 2.28. The van der Waals surface area contributed by atoms with Crippen LogP contribution in [0.5, 0.6) is 0 Å². The van der Waals surface area contributed by atoms with Crippen LogP contribution >= 0.6 is 0 Å². The third-order valence-corrected chi connectivity index (χ3v) is 0.657. The van der Waals surface area contributed by atoms with E-state index < -0.39 is 18.6 Å². The Morgan fingerprint density at radius 1 is 1.67 bits per heavy atom. The van der Waals surface area contributed by atoms with Crippen molar-refractivity contribution in [1.82, 2.24) is 0 Å². The van der Waals surface area contributed by atoms with Crippen LogP contribution in [0.2, 0.25) is 0 Å². The number of primary amides is 1. The first-order chi connectivity index (χ1) is 4.04. The van der Waals surface area contributed by atoms with Gasteiger partial charge in [0.1, 0.15) is 0 Å². The lowest BCUT2D eigenvalue weighted by atomic mass is 10.4. The number of rotatable bonds is 2. The zero-order valence-corrected chi connectivity index (χ0v) is 4.80. The van der Waals surface area contributed by atoms with E-state index in [2.05, 4.69) is 10.5 Å². The van der Waals surface area contributed by atoms with Crippen molar-refractivity contribution in [2.75, 3.05) is 0 Å². The first kappa shape index (κ1) is 8.13. The van der Waals surface area contributed by atoms with Gasteiger partial charge in [-0.3, -0.25) is 0 Å². The number of hydrogen-bond acceptors (Lipinski definition) is 2. The monoisotopic (exact) mass is 139 g/mol. The van der Waals surface area contributed by atoms with Gasteiger partial charge in [-0.15, -0.1) is 0 Å². The minimum absolute atomic E-state index is 1.06. The van der Waals surface area contributed by atoms with E-state index in [9.17, 15) is 13.6 Å². The van der Waals surface area contributed by atoms with Crippen LogP contribution in [-0.2, 0) is 4.74 Å². The Morgan fingerprint density at radius 3 is 2.22 bits per heavy atom. The molecule has 3 nitrogen and oxygen atoms in total. The van der Waals surface area contributed by atoms with Gasteiger partial charge in [-0.05, 0) is 6.92 Å². The molecule has 1 atom stereocenters. The molecule has 0 spiro atoms. The standard InChI is InChI=1S/C4H7F2NO2/c1-2(3(5)6)9-4(7)8/h2-3H,1H3,(H2,7,8). The van der Waals surface area contributed by atoms with E-state index in [1.807, 2.05) is 0 Å². The molecule has 9 heavy (non-hydrogen) atoms. The smallest absolute Gasteiger partial charge is 0.404 e. The molecule has 0 radical (unpaired) electrons. The highest BCUT2D eigenvalue weighted by Crippen LogP contribution is 2.03. The predicted molar refractivity (Wildman–Crippen MR) is 26.1 cm³/mol. The summed E-state index contributed by atoms with van der Waals surface area (Å²) in [6.45, 7) is 1.06. The molecule has 5 heteroatoms. The molecule has 0 aromatic rings. The minimum Gasteiger partial charge on any atom is -0.441 e. The molecule has 0 saturated carbocycles. The van der Waals surface area contributed by atoms with E-state index in [0.29, 0.717) is 0 Å². The van der Waals surface area contributed by atoms with Gasteiger partial charge in [0, 0.05) is 0 Å². The second-order valence-corrected chi connectivity index (χ2v) is 1.48. The lowest BCUT2D eigenvalue weighted by Gasteiger charge is -2.08. The Morgan fingerprint density at radius 2 is 2.11 bits per heavy atom. The Hall–Kier alpha value is -0.870. The zero-order valence-electron chi connectivity index (χ0n) is 4.80. The summed E-state index contributed by atoms with van der Waals surface area (Å²) in [5.74, 6) is 0. The van der Waals surface area contributed by atoms with E-state index >= 15 is 0 Å². The SMILES string of the molecule is CC(OC(N)=O)C(F)F. The van der Waals surface area contributed by atoms with Gasteiger partial charge in [-0.25, -0.2) is 13.6 Å². The zero-order chi connectivity index (χ0) is 7.44. The molecule has 0 aliphatic rings. The average molecular weight is 139 g/mol. The number of alkyl halides is 2. The average Bonchev–Trinajstić information content (AvgIpc) is 1.63. The maximum absolute atomic E-state index is 11.5. The van der Waals surface area contributed by atoms with E-state index in [1.165, 1.54) is 0 Å². The molecule has 0 heterocycles. The normalized spacial score (nSPS) is 13.3.